The SMILES string of the molecule is Cc1ccc(OCC2CCOCC2)c([B-](F)(F)F)c1.[K+]. The predicted octanol–water partition coefficient (Wildman–Crippen LogP) is -0.141. The maximum atomic E-state index is 13.0. The molecule has 1 aromatic carbocycles. The molecule has 1 aliphatic heterocycles. The molecule has 0 N–H and O–H groups in total. The minimum atomic E-state index is -5.04. The molecule has 1 fully saturated rings. The molecule has 0 amide bonds. The number of rotatable bonds is 4. The Labute approximate surface area is 159 Å². The Morgan fingerprint density at radius 3 is 2.50 bits per heavy atom. The number of halogens is 3. The normalized spacial score (nSPS) is 16.6. The van der Waals surface area contributed by atoms with Gasteiger partial charge in [0, 0.05) is 13.2 Å². The van der Waals surface area contributed by atoms with E-state index in [0.717, 1.165) is 18.9 Å². The molecule has 1 saturated heterocycles. The van der Waals surface area contributed by atoms with Crippen LogP contribution in [-0.4, -0.2) is 26.8 Å². The van der Waals surface area contributed by atoms with E-state index in [2.05, 4.69) is 0 Å². The second-order valence-corrected chi connectivity index (χ2v) is 4.98. The van der Waals surface area contributed by atoms with Crippen molar-refractivity contribution in [2.45, 2.75) is 19.8 Å². The molecule has 2 nitrogen and oxygen atoms in total. The minimum Gasteiger partial charge on any atom is -0.496 e. The van der Waals surface area contributed by atoms with Crippen molar-refractivity contribution in [2.24, 2.45) is 5.92 Å². The summed E-state index contributed by atoms with van der Waals surface area (Å²) in [5, 5.41) is 0. The van der Waals surface area contributed by atoms with Crippen LogP contribution >= 0.6 is 0 Å². The Morgan fingerprint density at radius 2 is 1.90 bits per heavy atom. The molecule has 0 bridgehead atoms. The third-order valence-corrected chi connectivity index (χ3v) is 3.33. The summed E-state index contributed by atoms with van der Waals surface area (Å²) < 4.78 is 49.5. The van der Waals surface area contributed by atoms with Gasteiger partial charge in [-0.15, -0.1) is 0 Å². The largest absolute Gasteiger partial charge is 1.00 e. The van der Waals surface area contributed by atoms with E-state index in [0.29, 0.717) is 25.4 Å². The molecule has 20 heavy (non-hydrogen) atoms. The van der Waals surface area contributed by atoms with Crippen LogP contribution in [0, 0.1) is 12.8 Å². The second-order valence-electron chi connectivity index (χ2n) is 4.98. The Balaban J connectivity index is 0.00000200. The summed E-state index contributed by atoms with van der Waals surface area (Å²) in [7, 11) is 0. The van der Waals surface area contributed by atoms with Crippen molar-refractivity contribution in [2.75, 3.05) is 19.8 Å². The van der Waals surface area contributed by atoms with Crippen LogP contribution in [0.3, 0.4) is 0 Å². The van der Waals surface area contributed by atoms with E-state index in [1.54, 1.807) is 13.0 Å². The fraction of sp³-hybridized carbons (Fsp3) is 0.538. The van der Waals surface area contributed by atoms with Crippen LogP contribution in [0.1, 0.15) is 18.4 Å². The molecule has 1 aromatic rings. The molecule has 0 saturated carbocycles. The van der Waals surface area contributed by atoms with Crippen molar-refractivity contribution in [1.82, 2.24) is 0 Å². The summed E-state index contributed by atoms with van der Waals surface area (Å²) in [6.07, 6.45) is 1.69. The first-order valence-corrected chi connectivity index (χ1v) is 6.48. The van der Waals surface area contributed by atoms with Gasteiger partial charge in [-0.3, -0.25) is 0 Å². The average Bonchev–Trinajstić information content (AvgIpc) is 2.37. The van der Waals surface area contributed by atoms with Gasteiger partial charge in [0.25, 0.3) is 0 Å². The van der Waals surface area contributed by atoms with Gasteiger partial charge in [-0.1, -0.05) is 23.2 Å². The first kappa shape index (κ1) is 18.5. The zero-order valence-electron chi connectivity index (χ0n) is 11.9. The number of hydrogen-bond donors (Lipinski definition) is 0. The van der Waals surface area contributed by atoms with E-state index in [1.165, 1.54) is 6.07 Å². The molecule has 106 valence electrons. The molecular weight excluding hydrogens is 295 g/mol. The van der Waals surface area contributed by atoms with Crippen molar-refractivity contribution in [3.63, 3.8) is 0 Å². The number of aryl methyl sites for hydroxylation is 1. The van der Waals surface area contributed by atoms with E-state index < -0.39 is 12.4 Å². The zero-order chi connectivity index (χ0) is 13.9. The van der Waals surface area contributed by atoms with E-state index >= 15 is 0 Å². The van der Waals surface area contributed by atoms with Crippen molar-refractivity contribution in [3.8, 4) is 5.75 Å². The van der Waals surface area contributed by atoms with Gasteiger partial charge in [0.1, 0.15) is 0 Å². The molecule has 7 heteroatoms. The summed E-state index contributed by atoms with van der Waals surface area (Å²) in [6, 6.07) is 4.21. The van der Waals surface area contributed by atoms with Crippen molar-refractivity contribution >= 4 is 12.4 Å². The quantitative estimate of drug-likeness (QED) is 0.721. The van der Waals surface area contributed by atoms with Crippen LogP contribution in [0.15, 0.2) is 18.2 Å². The van der Waals surface area contributed by atoms with Gasteiger partial charge in [0.05, 0.1) is 12.4 Å². The third-order valence-electron chi connectivity index (χ3n) is 3.33. The van der Waals surface area contributed by atoms with Gasteiger partial charge >= 0.3 is 58.4 Å². The van der Waals surface area contributed by atoms with Crippen LogP contribution < -0.4 is 61.6 Å². The summed E-state index contributed by atoms with van der Waals surface area (Å²) in [5.74, 6) is 0.230. The van der Waals surface area contributed by atoms with Gasteiger partial charge in [-0.05, 0) is 31.7 Å². The average molecular weight is 312 g/mol. The Hall–Kier alpha value is 0.471. The topological polar surface area (TPSA) is 18.5 Å². The maximum absolute atomic E-state index is 13.0. The van der Waals surface area contributed by atoms with E-state index in [4.69, 9.17) is 9.47 Å². The van der Waals surface area contributed by atoms with Gasteiger partial charge in [0.2, 0.25) is 0 Å². The molecule has 0 unspecified atom stereocenters. The molecule has 2 rings (SSSR count). The first-order valence-electron chi connectivity index (χ1n) is 6.48. The summed E-state index contributed by atoms with van der Waals surface area (Å²) in [5.41, 5.74) is -0.0420. The summed E-state index contributed by atoms with van der Waals surface area (Å²) in [6.45, 7) is -1.74. The molecule has 0 aromatic heterocycles. The van der Waals surface area contributed by atoms with Crippen LogP contribution in [-0.2, 0) is 4.74 Å². The van der Waals surface area contributed by atoms with E-state index in [9.17, 15) is 12.9 Å². The number of ether oxygens (including phenoxy) is 2. The van der Waals surface area contributed by atoms with Crippen LogP contribution in [0.25, 0.3) is 0 Å². The Morgan fingerprint density at radius 1 is 1.25 bits per heavy atom. The van der Waals surface area contributed by atoms with Gasteiger partial charge in [0.15, 0.2) is 0 Å². The van der Waals surface area contributed by atoms with E-state index in [-0.39, 0.29) is 63.1 Å². The van der Waals surface area contributed by atoms with Crippen molar-refractivity contribution < 1.29 is 73.8 Å². The Kier molecular flexibility index (Phi) is 7.59. The Bertz CT molecular complexity index is 434. The predicted molar refractivity (Wildman–Crippen MR) is 68.9 cm³/mol. The third kappa shape index (κ3) is 5.35. The van der Waals surface area contributed by atoms with Crippen molar-refractivity contribution in [1.29, 1.82) is 0 Å². The number of benzene rings is 1. The maximum Gasteiger partial charge on any atom is 1.00 e. The molecule has 0 radical (unpaired) electrons. The van der Waals surface area contributed by atoms with Gasteiger partial charge in [-0.25, -0.2) is 0 Å². The first-order chi connectivity index (χ1) is 8.97. The monoisotopic (exact) mass is 312 g/mol. The molecule has 0 spiro atoms. The van der Waals surface area contributed by atoms with E-state index in [1.807, 2.05) is 0 Å². The fourth-order valence-electron chi connectivity index (χ4n) is 2.18. The molecule has 1 heterocycles. The molecule has 0 atom stereocenters. The van der Waals surface area contributed by atoms with Gasteiger partial charge in [-0.2, -0.15) is 0 Å². The smallest absolute Gasteiger partial charge is 0.496 e. The van der Waals surface area contributed by atoms with Crippen LogP contribution in [0.2, 0.25) is 0 Å². The molecular formula is C13H17BF3KO2. The zero-order valence-corrected chi connectivity index (χ0v) is 15.0. The summed E-state index contributed by atoms with van der Waals surface area (Å²) in [4.78, 5) is 0. The number of hydrogen-bond acceptors (Lipinski definition) is 2. The van der Waals surface area contributed by atoms with Gasteiger partial charge < -0.3 is 22.4 Å². The fourth-order valence-corrected chi connectivity index (χ4v) is 2.18. The minimum absolute atomic E-state index is 0. The molecule has 1 aliphatic rings. The van der Waals surface area contributed by atoms with Crippen LogP contribution in [0.5, 0.6) is 5.75 Å². The standard InChI is InChI=1S/C13H17BF3O2.K/c1-10-2-3-13(12(8-10)14(15,16)17)19-9-11-4-6-18-7-5-11;/h2-3,8,11H,4-7,9H2,1H3;/q-1;+1. The molecule has 0 aliphatic carbocycles. The van der Waals surface area contributed by atoms with Crippen molar-refractivity contribution in [3.05, 3.63) is 23.8 Å². The van der Waals surface area contributed by atoms with Crippen LogP contribution in [0.4, 0.5) is 12.9 Å². The summed E-state index contributed by atoms with van der Waals surface area (Å²) >= 11 is 0. The second kappa shape index (κ2) is 8.20.